The van der Waals surface area contributed by atoms with Crippen molar-refractivity contribution in [3.05, 3.63) is 28.3 Å². The lowest BCUT2D eigenvalue weighted by atomic mass is 10.1. The highest BCUT2D eigenvalue weighted by molar-refractivity contribution is 6.31. The lowest BCUT2D eigenvalue weighted by Gasteiger charge is -2.10. The van der Waals surface area contributed by atoms with Gasteiger partial charge in [0.1, 0.15) is 5.75 Å². The third-order valence-electron chi connectivity index (χ3n) is 1.93. The highest BCUT2D eigenvalue weighted by Crippen LogP contribution is 2.26. The molecule has 13 heavy (non-hydrogen) atoms. The van der Waals surface area contributed by atoms with Gasteiger partial charge in [-0.1, -0.05) is 11.6 Å². The van der Waals surface area contributed by atoms with Crippen LogP contribution in [-0.2, 0) is 6.54 Å². The van der Waals surface area contributed by atoms with Gasteiger partial charge >= 0.3 is 0 Å². The lowest BCUT2D eigenvalue weighted by molar-refractivity contribution is 0.408. The fourth-order valence-electron chi connectivity index (χ4n) is 1.24. The van der Waals surface area contributed by atoms with Crippen LogP contribution in [0.3, 0.4) is 0 Å². The molecule has 0 saturated carbocycles. The third-order valence-corrected chi connectivity index (χ3v) is 2.34. The first kappa shape index (κ1) is 10.4. The zero-order valence-corrected chi connectivity index (χ0v) is 8.90. The van der Waals surface area contributed by atoms with Gasteiger partial charge in [0.15, 0.2) is 0 Å². The van der Waals surface area contributed by atoms with Crippen molar-refractivity contribution in [2.24, 2.45) is 0 Å². The summed E-state index contributed by atoms with van der Waals surface area (Å²) in [7, 11) is 3.56. The summed E-state index contributed by atoms with van der Waals surface area (Å²) in [6, 6.07) is 3.89. The summed E-state index contributed by atoms with van der Waals surface area (Å²) in [6.07, 6.45) is 0. The molecule has 1 aromatic rings. The molecule has 0 spiro atoms. The van der Waals surface area contributed by atoms with Crippen molar-refractivity contribution in [3.63, 3.8) is 0 Å². The van der Waals surface area contributed by atoms with Crippen molar-refractivity contribution in [1.29, 1.82) is 0 Å². The molecule has 0 aliphatic heterocycles. The van der Waals surface area contributed by atoms with Crippen molar-refractivity contribution in [1.82, 2.24) is 5.32 Å². The Morgan fingerprint density at radius 3 is 2.69 bits per heavy atom. The number of ether oxygens (including phenoxy) is 1. The van der Waals surface area contributed by atoms with Crippen LogP contribution in [0.5, 0.6) is 5.75 Å². The maximum absolute atomic E-state index is 5.96. The summed E-state index contributed by atoms with van der Waals surface area (Å²) in [5, 5.41) is 3.83. The van der Waals surface area contributed by atoms with Crippen molar-refractivity contribution in [2.75, 3.05) is 14.2 Å². The van der Waals surface area contributed by atoms with Gasteiger partial charge in [0.05, 0.1) is 7.11 Å². The summed E-state index contributed by atoms with van der Waals surface area (Å²) in [4.78, 5) is 0. The smallest absolute Gasteiger partial charge is 0.124 e. The van der Waals surface area contributed by atoms with E-state index in [2.05, 4.69) is 5.32 Å². The van der Waals surface area contributed by atoms with E-state index in [-0.39, 0.29) is 0 Å². The van der Waals surface area contributed by atoms with Crippen molar-refractivity contribution in [2.45, 2.75) is 13.5 Å². The normalized spacial score (nSPS) is 10.2. The second-order valence-corrected chi connectivity index (χ2v) is 3.35. The zero-order chi connectivity index (χ0) is 9.84. The lowest BCUT2D eigenvalue weighted by Crippen LogP contribution is -2.06. The Hall–Kier alpha value is -0.730. The second-order valence-electron chi connectivity index (χ2n) is 2.94. The highest BCUT2D eigenvalue weighted by atomic mass is 35.5. The number of methoxy groups -OCH3 is 1. The number of hydrogen-bond donors (Lipinski definition) is 1. The van der Waals surface area contributed by atoms with Crippen LogP contribution in [0.2, 0.25) is 5.02 Å². The van der Waals surface area contributed by atoms with Gasteiger partial charge < -0.3 is 10.1 Å². The molecule has 0 aromatic heterocycles. The Morgan fingerprint density at radius 1 is 1.46 bits per heavy atom. The summed E-state index contributed by atoms with van der Waals surface area (Å²) in [5.74, 6) is 0.838. The maximum atomic E-state index is 5.96. The van der Waals surface area contributed by atoms with Crippen molar-refractivity contribution in [3.8, 4) is 5.75 Å². The third kappa shape index (κ3) is 2.36. The molecule has 1 aromatic carbocycles. The van der Waals surface area contributed by atoms with Crippen LogP contribution in [0.15, 0.2) is 12.1 Å². The van der Waals surface area contributed by atoms with E-state index in [1.165, 1.54) is 0 Å². The van der Waals surface area contributed by atoms with E-state index < -0.39 is 0 Å². The molecule has 0 amide bonds. The van der Waals surface area contributed by atoms with E-state index in [4.69, 9.17) is 16.3 Å². The average Bonchev–Trinajstić information content (AvgIpc) is 2.11. The van der Waals surface area contributed by atoms with Gasteiger partial charge in [0.2, 0.25) is 0 Å². The van der Waals surface area contributed by atoms with E-state index in [1.807, 2.05) is 26.1 Å². The molecule has 0 radical (unpaired) electrons. The summed E-state index contributed by atoms with van der Waals surface area (Å²) < 4.78 is 5.21. The number of nitrogens with one attached hydrogen (secondary N) is 1. The molecule has 72 valence electrons. The highest BCUT2D eigenvalue weighted by Gasteiger charge is 2.05. The maximum Gasteiger partial charge on any atom is 0.124 e. The predicted octanol–water partition coefficient (Wildman–Crippen LogP) is 2.38. The van der Waals surface area contributed by atoms with Crippen molar-refractivity contribution >= 4 is 11.6 Å². The van der Waals surface area contributed by atoms with Crippen LogP contribution in [0, 0.1) is 6.92 Å². The van der Waals surface area contributed by atoms with E-state index >= 15 is 0 Å². The fraction of sp³-hybridized carbons (Fsp3) is 0.400. The van der Waals surface area contributed by atoms with Crippen LogP contribution in [0.1, 0.15) is 11.1 Å². The first-order valence-electron chi connectivity index (χ1n) is 4.16. The van der Waals surface area contributed by atoms with Crippen LogP contribution in [0.4, 0.5) is 0 Å². The summed E-state index contributed by atoms with van der Waals surface area (Å²) in [6.45, 7) is 2.78. The predicted molar refractivity (Wildman–Crippen MR) is 55.5 cm³/mol. The molecule has 2 nitrogen and oxygen atoms in total. The van der Waals surface area contributed by atoms with Crippen LogP contribution < -0.4 is 10.1 Å². The van der Waals surface area contributed by atoms with Gasteiger partial charge in [-0.05, 0) is 31.7 Å². The molecule has 1 N–H and O–H groups in total. The Labute approximate surface area is 83.9 Å². The van der Waals surface area contributed by atoms with E-state index in [1.54, 1.807) is 7.11 Å². The molecular formula is C10H14ClNO. The van der Waals surface area contributed by atoms with Crippen LogP contribution in [0.25, 0.3) is 0 Å². The van der Waals surface area contributed by atoms with E-state index in [0.29, 0.717) is 0 Å². The minimum absolute atomic E-state index is 0.747. The Morgan fingerprint density at radius 2 is 2.15 bits per heavy atom. The van der Waals surface area contributed by atoms with Gasteiger partial charge in [0, 0.05) is 17.1 Å². The second kappa shape index (κ2) is 4.49. The molecule has 0 unspecified atom stereocenters. The number of benzene rings is 1. The summed E-state index contributed by atoms with van der Waals surface area (Å²) in [5.41, 5.74) is 2.21. The van der Waals surface area contributed by atoms with E-state index in [0.717, 1.165) is 28.4 Å². The van der Waals surface area contributed by atoms with Crippen molar-refractivity contribution < 1.29 is 4.74 Å². The quantitative estimate of drug-likeness (QED) is 0.807. The number of aryl methyl sites for hydroxylation is 1. The number of halogens is 1. The van der Waals surface area contributed by atoms with Gasteiger partial charge in [-0.2, -0.15) is 0 Å². The molecule has 0 bridgehead atoms. The number of rotatable bonds is 3. The monoisotopic (exact) mass is 199 g/mol. The minimum atomic E-state index is 0.747. The Kier molecular flexibility index (Phi) is 3.58. The standard InChI is InChI=1S/C10H14ClNO/c1-7-4-8(6-12-2)10(13-3)5-9(7)11/h4-5,12H,6H2,1-3H3. The van der Waals surface area contributed by atoms with Gasteiger partial charge in [-0.25, -0.2) is 0 Å². The SMILES string of the molecule is CNCc1cc(C)c(Cl)cc1OC. The molecule has 0 aliphatic carbocycles. The number of hydrogen-bond acceptors (Lipinski definition) is 2. The van der Waals surface area contributed by atoms with Gasteiger partial charge in [-0.3, -0.25) is 0 Å². The Bertz CT molecular complexity index is 299. The molecule has 0 fully saturated rings. The van der Waals surface area contributed by atoms with Crippen LogP contribution >= 0.6 is 11.6 Å². The zero-order valence-electron chi connectivity index (χ0n) is 8.15. The topological polar surface area (TPSA) is 21.3 Å². The minimum Gasteiger partial charge on any atom is -0.496 e. The fourth-order valence-corrected chi connectivity index (χ4v) is 1.40. The average molecular weight is 200 g/mol. The molecule has 0 aliphatic rings. The first-order chi connectivity index (χ1) is 6.19. The molecule has 0 heterocycles. The molecular weight excluding hydrogens is 186 g/mol. The first-order valence-corrected chi connectivity index (χ1v) is 4.54. The largest absolute Gasteiger partial charge is 0.496 e. The summed E-state index contributed by atoms with van der Waals surface area (Å²) >= 11 is 5.96. The van der Waals surface area contributed by atoms with Crippen LogP contribution in [-0.4, -0.2) is 14.2 Å². The molecule has 0 saturated heterocycles. The van der Waals surface area contributed by atoms with E-state index in [9.17, 15) is 0 Å². The van der Waals surface area contributed by atoms with Gasteiger partial charge in [0.25, 0.3) is 0 Å². The van der Waals surface area contributed by atoms with Gasteiger partial charge in [-0.15, -0.1) is 0 Å². The molecule has 0 atom stereocenters. The molecule has 3 heteroatoms. The Balaban J connectivity index is 3.09. The molecule has 1 rings (SSSR count).